The molecule has 0 spiro atoms. The van der Waals surface area contributed by atoms with Gasteiger partial charge in [-0.25, -0.2) is 4.39 Å². The summed E-state index contributed by atoms with van der Waals surface area (Å²) in [6.45, 7) is 2.80. The van der Waals surface area contributed by atoms with E-state index in [9.17, 15) is 9.50 Å². The normalized spacial score (nSPS) is 16.0. The Morgan fingerprint density at radius 1 is 1.00 bits per heavy atom. The zero-order chi connectivity index (χ0) is 20.9. The topological polar surface area (TPSA) is 54.2 Å². The maximum atomic E-state index is 13.5. The monoisotopic (exact) mass is 446 g/mol. The van der Waals surface area contributed by atoms with E-state index in [1.165, 1.54) is 43.2 Å². The Bertz CT molecular complexity index is 958. The number of aliphatic hydroxyl groups excluding tert-OH is 1. The number of aromatic nitrogens is 3. The van der Waals surface area contributed by atoms with Gasteiger partial charge in [-0.2, -0.15) is 0 Å². The van der Waals surface area contributed by atoms with Gasteiger partial charge in [0.15, 0.2) is 11.0 Å². The van der Waals surface area contributed by atoms with Crippen LogP contribution in [0.1, 0.15) is 36.8 Å². The van der Waals surface area contributed by atoms with Crippen LogP contribution in [0.4, 0.5) is 4.39 Å². The predicted octanol–water partition coefficient (Wildman–Crippen LogP) is 4.87. The molecule has 1 atom stereocenters. The predicted molar refractivity (Wildman–Crippen MR) is 118 cm³/mol. The molecular formula is C22H24ClFN4OS. The van der Waals surface area contributed by atoms with Crippen molar-refractivity contribution >= 4 is 23.4 Å². The second kappa shape index (κ2) is 9.92. The number of hydrogen-bond donors (Lipinski definition) is 1. The molecule has 1 saturated heterocycles. The number of halogens is 2. The molecule has 8 heteroatoms. The van der Waals surface area contributed by atoms with Crippen LogP contribution in [-0.2, 0) is 6.54 Å². The van der Waals surface area contributed by atoms with Crippen molar-refractivity contribution < 1.29 is 9.50 Å². The zero-order valence-corrected chi connectivity index (χ0v) is 18.1. The van der Waals surface area contributed by atoms with Gasteiger partial charge in [0.1, 0.15) is 5.82 Å². The fourth-order valence-electron chi connectivity index (χ4n) is 3.60. The number of thioether (sulfide) groups is 1. The standard InChI is InChI=1S/C22H24ClFN4OS/c23-17-6-4-16(5-7-17)20(29)15-30-22-26-25-21(14-27-12-2-1-3-13-27)28(22)19-10-8-18(24)9-11-19/h4-11,20,29H,1-3,12-15H2/t20-/m1/s1. The molecule has 4 rings (SSSR count). The number of piperidine rings is 1. The lowest BCUT2D eigenvalue weighted by Crippen LogP contribution is -2.30. The molecule has 158 valence electrons. The second-order valence-electron chi connectivity index (χ2n) is 7.43. The molecule has 0 bridgehead atoms. The van der Waals surface area contributed by atoms with Crippen molar-refractivity contribution in [3.05, 3.63) is 70.8 Å². The maximum Gasteiger partial charge on any atom is 0.195 e. The summed E-state index contributed by atoms with van der Waals surface area (Å²) in [4.78, 5) is 2.38. The van der Waals surface area contributed by atoms with E-state index in [2.05, 4.69) is 15.1 Å². The first-order valence-electron chi connectivity index (χ1n) is 10.1. The maximum absolute atomic E-state index is 13.5. The van der Waals surface area contributed by atoms with Crippen molar-refractivity contribution in [2.45, 2.75) is 37.1 Å². The Hall–Kier alpha value is -1.93. The van der Waals surface area contributed by atoms with E-state index in [4.69, 9.17) is 11.6 Å². The number of benzene rings is 2. The summed E-state index contributed by atoms with van der Waals surface area (Å²) in [5.74, 6) is 0.966. The third-order valence-electron chi connectivity index (χ3n) is 5.22. The average molecular weight is 447 g/mol. The lowest BCUT2D eigenvalue weighted by Gasteiger charge is -2.26. The summed E-state index contributed by atoms with van der Waals surface area (Å²) in [5.41, 5.74) is 1.62. The minimum absolute atomic E-state index is 0.281. The Morgan fingerprint density at radius 3 is 2.40 bits per heavy atom. The van der Waals surface area contributed by atoms with Gasteiger partial charge in [0.05, 0.1) is 12.6 Å². The molecule has 1 aliphatic rings. The third kappa shape index (κ3) is 5.21. The molecule has 1 aromatic heterocycles. The highest BCUT2D eigenvalue weighted by atomic mass is 35.5. The summed E-state index contributed by atoms with van der Waals surface area (Å²) in [6, 6.07) is 13.5. The summed E-state index contributed by atoms with van der Waals surface area (Å²) < 4.78 is 15.4. The molecule has 0 saturated carbocycles. The van der Waals surface area contributed by atoms with Gasteiger partial charge in [-0.05, 0) is 67.9 Å². The fraction of sp³-hybridized carbons (Fsp3) is 0.364. The first kappa shape index (κ1) is 21.3. The lowest BCUT2D eigenvalue weighted by atomic mass is 10.1. The lowest BCUT2D eigenvalue weighted by molar-refractivity contribution is 0.204. The third-order valence-corrected chi connectivity index (χ3v) is 6.48. The Balaban J connectivity index is 1.55. The Kier molecular flexibility index (Phi) is 7.04. The molecule has 2 heterocycles. The van der Waals surface area contributed by atoms with Gasteiger partial charge >= 0.3 is 0 Å². The highest BCUT2D eigenvalue weighted by Gasteiger charge is 2.20. The van der Waals surface area contributed by atoms with Crippen molar-refractivity contribution in [1.29, 1.82) is 0 Å². The molecule has 1 N–H and O–H groups in total. The van der Waals surface area contributed by atoms with E-state index in [1.54, 1.807) is 24.3 Å². The second-order valence-corrected chi connectivity index (χ2v) is 8.85. The van der Waals surface area contributed by atoms with Gasteiger partial charge < -0.3 is 5.11 Å². The van der Waals surface area contributed by atoms with Crippen molar-refractivity contribution in [3.63, 3.8) is 0 Å². The van der Waals surface area contributed by atoms with Crippen LogP contribution in [0.2, 0.25) is 5.02 Å². The highest BCUT2D eigenvalue weighted by molar-refractivity contribution is 7.99. The van der Waals surface area contributed by atoms with Gasteiger partial charge in [0, 0.05) is 16.5 Å². The van der Waals surface area contributed by atoms with Crippen LogP contribution in [0.25, 0.3) is 5.69 Å². The molecule has 5 nitrogen and oxygen atoms in total. The number of rotatable bonds is 7. The van der Waals surface area contributed by atoms with Gasteiger partial charge in [0.25, 0.3) is 0 Å². The smallest absolute Gasteiger partial charge is 0.195 e. The van der Waals surface area contributed by atoms with E-state index in [1.807, 2.05) is 16.7 Å². The van der Waals surface area contributed by atoms with E-state index >= 15 is 0 Å². The molecule has 2 aromatic carbocycles. The van der Waals surface area contributed by atoms with Gasteiger partial charge in [-0.15, -0.1) is 10.2 Å². The number of hydrogen-bond acceptors (Lipinski definition) is 5. The first-order chi connectivity index (χ1) is 14.6. The average Bonchev–Trinajstić information content (AvgIpc) is 3.16. The largest absolute Gasteiger partial charge is 0.388 e. The quantitative estimate of drug-likeness (QED) is 0.524. The molecule has 0 unspecified atom stereocenters. The van der Waals surface area contributed by atoms with Crippen LogP contribution in [0.5, 0.6) is 0 Å². The van der Waals surface area contributed by atoms with Crippen molar-refractivity contribution in [3.8, 4) is 5.69 Å². The van der Waals surface area contributed by atoms with E-state index in [0.717, 1.165) is 30.2 Å². The summed E-state index contributed by atoms with van der Waals surface area (Å²) in [5, 5.41) is 20.7. The van der Waals surface area contributed by atoms with Gasteiger partial charge in [-0.1, -0.05) is 41.9 Å². The molecular weight excluding hydrogens is 423 g/mol. The van der Waals surface area contributed by atoms with Crippen molar-refractivity contribution in [1.82, 2.24) is 19.7 Å². The Labute approximate surface area is 184 Å². The molecule has 1 aliphatic heterocycles. The van der Waals surface area contributed by atoms with Gasteiger partial charge in [-0.3, -0.25) is 9.47 Å². The first-order valence-corrected chi connectivity index (χ1v) is 11.5. The molecule has 0 amide bonds. The summed E-state index contributed by atoms with van der Waals surface area (Å²) in [7, 11) is 0. The SMILES string of the molecule is O[C@H](CSc1nnc(CN2CCCCC2)n1-c1ccc(F)cc1)c1ccc(Cl)cc1. The van der Waals surface area contributed by atoms with Crippen LogP contribution in [-0.4, -0.2) is 43.6 Å². The van der Waals surface area contributed by atoms with E-state index in [0.29, 0.717) is 22.5 Å². The molecule has 3 aromatic rings. The summed E-state index contributed by atoms with van der Waals surface area (Å²) in [6.07, 6.45) is 3.00. The minimum atomic E-state index is -0.656. The number of aliphatic hydroxyl groups is 1. The minimum Gasteiger partial charge on any atom is -0.388 e. The van der Waals surface area contributed by atoms with E-state index < -0.39 is 6.10 Å². The molecule has 1 fully saturated rings. The molecule has 30 heavy (non-hydrogen) atoms. The number of likely N-dealkylation sites (tertiary alicyclic amines) is 1. The molecule has 0 aliphatic carbocycles. The van der Waals surface area contributed by atoms with Crippen molar-refractivity contribution in [2.24, 2.45) is 0 Å². The highest BCUT2D eigenvalue weighted by Crippen LogP contribution is 2.28. The number of nitrogens with zero attached hydrogens (tertiary/aromatic N) is 4. The van der Waals surface area contributed by atoms with Crippen LogP contribution >= 0.6 is 23.4 Å². The van der Waals surface area contributed by atoms with E-state index in [-0.39, 0.29) is 5.82 Å². The molecule has 0 radical (unpaired) electrons. The van der Waals surface area contributed by atoms with Crippen molar-refractivity contribution in [2.75, 3.05) is 18.8 Å². The Morgan fingerprint density at radius 2 is 1.70 bits per heavy atom. The van der Waals surface area contributed by atoms with Crippen LogP contribution in [0, 0.1) is 5.82 Å². The van der Waals surface area contributed by atoms with Crippen LogP contribution in [0.15, 0.2) is 53.7 Å². The van der Waals surface area contributed by atoms with Crippen LogP contribution in [0.3, 0.4) is 0 Å². The van der Waals surface area contributed by atoms with Crippen LogP contribution < -0.4 is 0 Å². The summed E-state index contributed by atoms with van der Waals surface area (Å²) >= 11 is 7.36. The fourth-order valence-corrected chi connectivity index (χ4v) is 4.66. The zero-order valence-electron chi connectivity index (χ0n) is 16.5. The van der Waals surface area contributed by atoms with Gasteiger partial charge in [0.2, 0.25) is 0 Å².